The average molecular weight is 351 g/mol. The van der Waals surface area contributed by atoms with Crippen LogP contribution in [0.15, 0.2) is 66.9 Å². The van der Waals surface area contributed by atoms with E-state index >= 15 is 0 Å². The number of hydrogen-bond donors (Lipinski definition) is 1. The van der Waals surface area contributed by atoms with Crippen molar-refractivity contribution in [3.63, 3.8) is 0 Å². The molecule has 0 aliphatic heterocycles. The van der Waals surface area contributed by atoms with Crippen LogP contribution in [0.1, 0.15) is 19.9 Å². The summed E-state index contributed by atoms with van der Waals surface area (Å²) in [6.45, 7) is 3.92. The molecule has 134 valence electrons. The van der Waals surface area contributed by atoms with Crippen LogP contribution >= 0.6 is 0 Å². The van der Waals surface area contributed by atoms with Crippen LogP contribution < -0.4 is 14.8 Å². The zero-order chi connectivity index (χ0) is 18.4. The Bertz CT molecular complexity index is 842. The Morgan fingerprint density at radius 1 is 1.00 bits per heavy atom. The van der Waals surface area contributed by atoms with E-state index in [-0.39, 0.29) is 18.6 Å². The number of para-hydroxylation sites is 1. The summed E-state index contributed by atoms with van der Waals surface area (Å²) >= 11 is 0. The third-order valence-electron chi connectivity index (χ3n) is 3.60. The summed E-state index contributed by atoms with van der Waals surface area (Å²) in [6.07, 6.45) is 1.65. The zero-order valence-electron chi connectivity index (χ0n) is 14.8. The molecule has 1 heterocycles. The number of benzene rings is 2. The second-order valence-electron chi connectivity index (χ2n) is 5.98. The lowest BCUT2D eigenvalue weighted by Crippen LogP contribution is -2.22. The second kappa shape index (κ2) is 8.20. The van der Waals surface area contributed by atoms with Crippen molar-refractivity contribution in [2.45, 2.75) is 19.9 Å². The van der Waals surface area contributed by atoms with Crippen LogP contribution in [0.5, 0.6) is 17.2 Å². The molecule has 2 aromatic carbocycles. The van der Waals surface area contributed by atoms with Crippen molar-refractivity contribution in [1.82, 2.24) is 9.78 Å². The fourth-order valence-corrected chi connectivity index (χ4v) is 2.38. The second-order valence-corrected chi connectivity index (χ2v) is 5.98. The third-order valence-corrected chi connectivity index (χ3v) is 3.60. The summed E-state index contributed by atoms with van der Waals surface area (Å²) in [6, 6.07) is 18.6. The van der Waals surface area contributed by atoms with Gasteiger partial charge in [0.15, 0.2) is 6.61 Å². The Kier molecular flexibility index (Phi) is 5.53. The minimum absolute atomic E-state index is 0.0812. The number of nitrogens with zero attached hydrogens (tertiary/aromatic N) is 2. The van der Waals surface area contributed by atoms with E-state index < -0.39 is 0 Å². The van der Waals surface area contributed by atoms with Gasteiger partial charge in [-0.15, -0.1) is 0 Å². The van der Waals surface area contributed by atoms with E-state index in [9.17, 15) is 4.79 Å². The summed E-state index contributed by atoms with van der Waals surface area (Å²) in [7, 11) is 0. The van der Waals surface area contributed by atoms with Gasteiger partial charge in [-0.25, -0.2) is 4.68 Å². The summed E-state index contributed by atoms with van der Waals surface area (Å²) in [5.41, 5.74) is 0. The van der Waals surface area contributed by atoms with E-state index in [1.54, 1.807) is 41.2 Å². The van der Waals surface area contributed by atoms with Crippen LogP contribution in [-0.4, -0.2) is 22.3 Å². The monoisotopic (exact) mass is 351 g/mol. The summed E-state index contributed by atoms with van der Waals surface area (Å²) in [5, 5.41) is 6.98. The van der Waals surface area contributed by atoms with Crippen LogP contribution in [0.25, 0.3) is 0 Å². The van der Waals surface area contributed by atoms with Crippen LogP contribution in [-0.2, 0) is 4.79 Å². The highest BCUT2D eigenvalue weighted by Crippen LogP contribution is 2.23. The lowest BCUT2D eigenvalue weighted by molar-refractivity contribution is -0.118. The summed E-state index contributed by atoms with van der Waals surface area (Å²) in [4.78, 5) is 12.1. The molecule has 0 aliphatic carbocycles. The first-order chi connectivity index (χ1) is 12.6. The van der Waals surface area contributed by atoms with Gasteiger partial charge in [-0.2, -0.15) is 5.10 Å². The first-order valence-electron chi connectivity index (χ1n) is 8.41. The Hall–Kier alpha value is -3.28. The maximum absolute atomic E-state index is 12.1. The number of carbonyl (C=O) groups excluding carboxylic acids is 1. The molecule has 1 aromatic heterocycles. The minimum Gasteiger partial charge on any atom is -0.484 e. The largest absolute Gasteiger partial charge is 0.484 e. The van der Waals surface area contributed by atoms with Crippen molar-refractivity contribution >= 4 is 11.7 Å². The fraction of sp³-hybridized carbons (Fsp3) is 0.200. The maximum atomic E-state index is 12.1. The van der Waals surface area contributed by atoms with E-state index in [1.165, 1.54) is 0 Å². The van der Waals surface area contributed by atoms with E-state index in [0.29, 0.717) is 17.3 Å². The topological polar surface area (TPSA) is 65.4 Å². The molecule has 0 bridgehead atoms. The number of rotatable bonds is 7. The molecule has 0 spiro atoms. The number of nitrogens with one attached hydrogen (secondary N) is 1. The molecule has 0 aliphatic rings. The highest BCUT2D eigenvalue weighted by Gasteiger charge is 2.10. The molecule has 6 heteroatoms. The number of anilines is 1. The number of amides is 1. The van der Waals surface area contributed by atoms with Crippen LogP contribution in [0.2, 0.25) is 0 Å². The summed E-state index contributed by atoms with van der Waals surface area (Å²) in [5.74, 6) is 2.48. The molecule has 1 N–H and O–H groups in total. The Labute approximate surface area is 152 Å². The van der Waals surface area contributed by atoms with E-state index in [0.717, 1.165) is 5.75 Å². The molecule has 0 radical (unpaired) electrons. The van der Waals surface area contributed by atoms with Crippen molar-refractivity contribution in [2.75, 3.05) is 11.9 Å². The molecule has 26 heavy (non-hydrogen) atoms. The lowest BCUT2D eigenvalue weighted by Gasteiger charge is -2.12. The SMILES string of the molecule is CC(C)n1nccc1NC(=O)COc1ccc(Oc2ccccc2)cc1. The minimum atomic E-state index is -0.239. The van der Waals surface area contributed by atoms with Gasteiger partial charge in [-0.3, -0.25) is 4.79 Å². The van der Waals surface area contributed by atoms with Crippen molar-refractivity contribution in [1.29, 1.82) is 0 Å². The predicted molar refractivity (Wildman–Crippen MR) is 99.7 cm³/mol. The average Bonchev–Trinajstić information content (AvgIpc) is 3.10. The van der Waals surface area contributed by atoms with Gasteiger partial charge in [0.05, 0.1) is 6.20 Å². The van der Waals surface area contributed by atoms with Gasteiger partial charge in [0.1, 0.15) is 23.1 Å². The van der Waals surface area contributed by atoms with E-state index in [1.807, 2.05) is 44.2 Å². The standard InChI is InChI=1S/C20H21N3O3/c1-15(2)23-19(12-13-21-23)22-20(24)14-25-16-8-10-18(11-9-16)26-17-6-4-3-5-7-17/h3-13,15H,14H2,1-2H3,(H,22,24). The zero-order valence-corrected chi connectivity index (χ0v) is 14.8. The van der Waals surface area contributed by atoms with Crippen molar-refractivity contribution in [3.05, 3.63) is 66.9 Å². The van der Waals surface area contributed by atoms with Gasteiger partial charge in [-0.1, -0.05) is 18.2 Å². The predicted octanol–water partition coefficient (Wildman–Crippen LogP) is 4.27. The van der Waals surface area contributed by atoms with Crippen LogP contribution in [0.4, 0.5) is 5.82 Å². The molecular formula is C20H21N3O3. The van der Waals surface area contributed by atoms with Gasteiger partial charge in [-0.05, 0) is 50.2 Å². The Morgan fingerprint density at radius 3 is 2.35 bits per heavy atom. The first-order valence-corrected chi connectivity index (χ1v) is 8.41. The maximum Gasteiger partial charge on any atom is 0.263 e. The number of carbonyl (C=O) groups is 1. The molecule has 0 saturated carbocycles. The van der Waals surface area contributed by atoms with E-state index in [4.69, 9.17) is 9.47 Å². The first kappa shape index (κ1) is 17.5. The number of ether oxygens (including phenoxy) is 2. The van der Waals surface area contributed by atoms with Crippen molar-refractivity contribution in [3.8, 4) is 17.2 Å². The molecule has 0 fully saturated rings. The van der Waals surface area contributed by atoms with Crippen molar-refractivity contribution in [2.24, 2.45) is 0 Å². The molecular weight excluding hydrogens is 330 g/mol. The Morgan fingerprint density at radius 2 is 1.65 bits per heavy atom. The third kappa shape index (κ3) is 4.63. The molecule has 6 nitrogen and oxygen atoms in total. The smallest absolute Gasteiger partial charge is 0.263 e. The summed E-state index contributed by atoms with van der Waals surface area (Å²) < 4.78 is 13.0. The van der Waals surface area contributed by atoms with Gasteiger partial charge in [0, 0.05) is 12.1 Å². The fourth-order valence-electron chi connectivity index (χ4n) is 2.38. The van der Waals surface area contributed by atoms with Crippen LogP contribution in [0.3, 0.4) is 0 Å². The Balaban J connectivity index is 1.51. The highest BCUT2D eigenvalue weighted by molar-refractivity contribution is 5.91. The van der Waals surface area contributed by atoms with Crippen molar-refractivity contribution < 1.29 is 14.3 Å². The van der Waals surface area contributed by atoms with E-state index in [2.05, 4.69) is 10.4 Å². The number of hydrogen-bond acceptors (Lipinski definition) is 4. The lowest BCUT2D eigenvalue weighted by atomic mass is 10.3. The van der Waals surface area contributed by atoms with Gasteiger partial charge >= 0.3 is 0 Å². The molecule has 3 aromatic rings. The van der Waals surface area contributed by atoms with Gasteiger partial charge < -0.3 is 14.8 Å². The van der Waals surface area contributed by atoms with Gasteiger partial charge in [0.25, 0.3) is 5.91 Å². The van der Waals surface area contributed by atoms with Gasteiger partial charge in [0.2, 0.25) is 0 Å². The molecule has 3 rings (SSSR count). The quantitative estimate of drug-likeness (QED) is 0.690. The van der Waals surface area contributed by atoms with Crippen LogP contribution in [0, 0.1) is 0 Å². The number of aromatic nitrogens is 2. The molecule has 1 amide bonds. The normalized spacial score (nSPS) is 10.6. The molecule has 0 atom stereocenters. The highest BCUT2D eigenvalue weighted by atomic mass is 16.5. The molecule has 0 unspecified atom stereocenters. The molecule has 0 saturated heterocycles.